The van der Waals surface area contributed by atoms with E-state index < -0.39 is 17.7 Å². The van der Waals surface area contributed by atoms with Gasteiger partial charge in [0.05, 0.1) is 30.5 Å². The standard InChI is InChI=1S/C20H25F3N4O2S/c1-5-24-19(25-11-14-8-7-9-15(10-14)20(21,22)23)27-13(4)17-26-12(3)16(30-17)18(28)29-6-2/h7-10,13H,5-6,11H2,1-4H3,(H2,24,25,27). The van der Waals surface area contributed by atoms with Crippen LogP contribution in [-0.4, -0.2) is 30.1 Å². The largest absolute Gasteiger partial charge is 0.462 e. The summed E-state index contributed by atoms with van der Waals surface area (Å²) in [4.78, 5) is 21.3. The maximum atomic E-state index is 12.9. The van der Waals surface area contributed by atoms with Gasteiger partial charge in [-0.1, -0.05) is 12.1 Å². The SMILES string of the molecule is CCNC(=NCc1cccc(C(F)(F)F)c1)NC(C)c1nc(C)c(C(=O)OCC)s1. The number of aryl methyl sites for hydroxylation is 1. The zero-order chi connectivity index (χ0) is 22.3. The summed E-state index contributed by atoms with van der Waals surface area (Å²) < 4.78 is 43.7. The molecule has 2 N–H and O–H groups in total. The van der Waals surface area contributed by atoms with Gasteiger partial charge < -0.3 is 15.4 Å². The molecule has 30 heavy (non-hydrogen) atoms. The van der Waals surface area contributed by atoms with Gasteiger partial charge in [0.15, 0.2) is 5.96 Å². The number of carbonyl (C=O) groups is 1. The number of halogens is 3. The molecule has 0 aliphatic heterocycles. The highest BCUT2D eigenvalue weighted by molar-refractivity contribution is 7.13. The number of hydrogen-bond donors (Lipinski definition) is 2. The third kappa shape index (κ3) is 6.45. The molecular weight excluding hydrogens is 417 g/mol. The molecule has 10 heteroatoms. The number of benzene rings is 1. The van der Waals surface area contributed by atoms with Crippen LogP contribution in [0.2, 0.25) is 0 Å². The van der Waals surface area contributed by atoms with Crippen LogP contribution >= 0.6 is 11.3 Å². The molecule has 0 radical (unpaired) electrons. The van der Waals surface area contributed by atoms with Gasteiger partial charge in [0, 0.05) is 6.54 Å². The molecule has 1 heterocycles. The van der Waals surface area contributed by atoms with Crippen LogP contribution < -0.4 is 10.6 Å². The van der Waals surface area contributed by atoms with Gasteiger partial charge in [0.1, 0.15) is 9.88 Å². The predicted molar refractivity (Wildman–Crippen MR) is 111 cm³/mol. The van der Waals surface area contributed by atoms with Crippen molar-refractivity contribution in [2.75, 3.05) is 13.2 Å². The van der Waals surface area contributed by atoms with Crippen molar-refractivity contribution in [1.29, 1.82) is 0 Å². The molecule has 0 amide bonds. The van der Waals surface area contributed by atoms with E-state index in [1.165, 1.54) is 17.4 Å². The van der Waals surface area contributed by atoms with Crippen molar-refractivity contribution in [3.05, 3.63) is 51.0 Å². The van der Waals surface area contributed by atoms with E-state index in [1.807, 2.05) is 13.8 Å². The van der Waals surface area contributed by atoms with E-state index in [2.05, 4.69) is 20.6 Å². The van der Waals surface area contributed by atoms with Crippen LogP contribution in [-0.2, 0) is 17.5 Å². The molecule has 0 aliphatic rings. The Kier molecular flexibility index (Phi) is 8.22. The molecule has 0 bridgehead atoms. The molecular formula is C20H25F3N4O2S. The topological polar surface area (TPSA) is 75.6 Å². The number of aromatic nitrogens is 1. The van der Waals surface area contributed by atoms with Crippen LogP contribution in [0.4, 0.5) is 13.2 Å². The smallest absolute Gasteiger partial charge is 0.416 e. The summed E-state index contributed by atoms with van der Waals surface area (Å²) in [7, 11) is 0. The van der Waals surface area contributed by atoms with Gasteiger partial charge in [-0.3, -0.25) is 0 Å². The van der Waals surface area contributed by atoms with Crippen molar-refractivity contribution < 1.29 is 22.7 Å². The molecule has 1 aromatic carbocycles. The first-order valence-corrected chi connectivity index (χ1v) is 10.3. The number of aliphatic imine (C=N–C) groups is 1. The Bertz CT molecular complexity index is 896. The van der Waals surface area contributed by atoms with Gasteiger partial charge in [-0.25, -0.2) is 14.8 Å². The summed E-state index contributed by atoms with van der Waals surface area (Å²) in [6, 6.07) is 4.82. The first kappa shape index (κ1) is 23.7. The molecule has 1 unspecified atom stereocenters. The zero-order valence-corrected chi connectivity index (χ0v) is 18.1. The second-order valence-electron chi connectivity index (χ2n) is 6.45. The van der Waals surface area contributed by atoms with Gasteiger partial charge >= 0.3 is 12.1 Å². The maximum Gasteiger partial charge on any atom is 0.416 e. The highest BCUT2D eigenvalue weighted by Gasteiger charge is 2.30. The highest BCUT2D eigenvalue weighted by Crippen LogP contribution is 2.29. The molecule has 0 spiro atoms. The maximum absolute atomic E-state index is 12.9. The van der Waals surface area contributed by atoms with E-state index in [-0.39, 0.29) is 19.2 Å². The Labute approximate surface area is 177 Å². The van der Waals surface area contributed by atoms with Crippen LogP contribution in [0.25, 0.3) is 0 Å². The minimum atomic E-state index is -4.39. The molecule has 0 fully saturated rings. The lowest BCUT2D eigenvalue weighted by Crippen LogP contribution is -2.38. The summed E-state index contributed by atoms with van der Waals surface area (Å²) in [6.07, 6.45) is -4.39. The molecule has 6 nitrogen and oxygen atoms in total. The van der Waals surface area contributed by atoms with Gasteiger partial charge in [0.25, 0.3) is 0 Å². The minimum Gasteiger partial charge on any atom is -0.462 e. The van der Waals surface area contributed by atoms with E-state index in [0.29, 0.717) is 33.6 Å². The monoisotopic (exact) mass is 442 g/mol. The van der Waals surface area contributed by atoms with E-state index in [9.17, 15) is 18.0 Å². The zero-order valence-electron chi connectivity index (χ0n) is 17.3. The van der Waals surface area contributed by atoms with Crippen LogP contribution in [0.1, 0.15) is 58.3 Å². The van der Waals surface area contributed by atoms with Crippen molar-refractivity contribution in [3.63, 3.8) is 0 Å². The lowest BCUT2D eigenvalue weighted by molar-refractivity contribution is -0.137. The first-order chi connectivity index (χ1) is 14.2. The number of nitrogens with zero attached hydrogens (tertiary/aromatic N) is 2. The van der Waals surface area contributed by atoms with Crippen LogP contribution in [0.5, 0.6) is 0 Å². The second-order valence-corrected chi connectivity index (χ2v) is 7.48. The fraction of sp³-hybridized carbons (Fsp3) is 0.450. The summed E-state index contributed by atoms with van der Waals surface area (Å²) in [5.41, 5.74) is 0.337. The fourth-order valence-electron chi connectivity index (χ4n) is 2.59. The number of hydrogen-bond acceptors (Lipinski definition) is 5. The van der Waals surface area contributed by atoms with Crippen molar-refractivity contribution in [2.45, 2.75) is 46.5 Å². The molecule has 2 rings (SSSR count). The number of alkyl halides is 3. The second kappa shape index (κ2) is 10.4. The van der Waals surface area contributed by atoms with Gasteiger partial charge in [0.2, 0.25) is 0 Å². The third-order valence-electron chi connectivity index (χ3n) is 4.02. The number of ether oxygens (including phenoxy) is 1. The van der Waals surface area contributed by atoms with E-state index in [0.717, 1.165) is 12.1 Å². The van der Waals surface area contributed by atoms with E-state index in [1.54, 1.807) is 19.9 Å². The number of carbonyl (C=O) groups excluding carboxylic acids is 1. The number of esters is 1. The Balaban J connectivity index is 2.13. The van der Waals surface area contributed by atoms with Crippen LogP contribution in [0.15, 0.2) is 29.3 Å². The molecule has 2 aromatic rings. The summed E-state index contributed by atoms with van der Waals surface area (Å²) in [6.45, 7) is 8.17. The third-order valence-corrected chi connectivity index (χ3v) is 5.34. The molecule has 1 atom stereocenters. The van der Waals surface area contributed by atoms with Gasteiger partial charge in [-0.15, -0.1) is 11.3 Å². The predicted octanol–water partition coefficient (Wildman–Crippen LogP) is 4.46. The quantitative estimate of drug-likeness (QED) is 0.376. The van der Waals surface area contributed by atoms with Gasteiger partial charge in [-0.2, -0.15) is 13.2 Å². The average Bonchev–Trinajstić information content (AvgIpc) is 3.08. The summed E-state index contributed by atoms with van der Waals surface area (Å²) in [5.74, 6) is 0.0315. The number of guanidine groups is 1. The normalized spacial score (nSPS) is 13.1. The molecule has 1 aromatic heterocycles. The summed E-state index contributed by atoms with van der Waals surface area (Å²) >= 11 is 1.24. The minimum absolute atomic E-state index is 0.0803. The average molecular weight is 443 g/mol. The number of rotatable bonds is 7. The number of thiazole rings is 1. The Morgan fingerprint density at radius 3 is 2.70 bits per heavy atom. The van der Waals surface area contributed by atoms with E-state index >= 15 is 0 Å². The highest BCUT2D eigenvalue weighted by atomic mass is 32.1. The van der Waals surface area contributed by atoms with Crippen LogP contribution in [0, 0.1) is 6.92 Å². The van der Waals surface area contributed by atoms with Gasteiger partial charge in [-0.05, 0) is 45.4 Å². The Hall–Kier alpha value is -2.62. The first-order valence-electron chi connectivity index (χ1n) is 9.51. The molecule has 0 aliphatic carbocycles. The Morgan fingerprint density at radius 2 is 2.07 bits per heavy atom. The Morgan fingerprint density at radius 1 is 1.33 bits per heavy atom. The van der Waals surface area contributed by atoms with Crippen molar-refractivity contribution >= 4 is 23.3 Å². The van der Waals surface area contributed by atoms with Crippen molar-refractivity contribution in [3.8, 4) is 0 Å². The summed E-state index contributed by atoms with van der Waals surface area (Å²) in [5, 5.41) is 6.92. The molecule has 0 saturated heterocycles. The van der Waals surface area contributed by atoms with E-state index in [4.69, 9.17) is 4.74 Å². The molecule has 164 valence electrons. The number of nitrogens with one attached hydrogen (secondary N) is 2. The lowest BCUT2D eigenvalue weighted by Gasteiger charge is -2.16. The van der Waals surface area contributed by atoms with Crippen LogP contribution in [0.3, 0.4) is 0 Å². The van der Waals surface area contributed by atoms with Crippen molar-refractivity contribution in [1.82, 2.24) is 15.6 Å². The lowest BCUT2D eigenvalue weighted by atomic mass is 10.1. The fourth-order valence-corrected chi connectivity index (χ4v) is 3.55. The molecule has 0 saturated carbocycles. The van der Waals surface area contributed by atoms with Crippen molar-refractivity contribution in [2.24, 2.45) is 4.99 Å².